The minimum atomic E-state index is -0.316. The van der Waals surface area contributed by atoms with Gasteiger partial charge < -0.3 is 9.88 Å². The lowest BCUT2D eigenvalue weighted by Gasteiger charge is -2.19. The van der Waals surface area contributed by atoms with Crippen LogP contribution in [-0.4, -0.2) is 16.1 Å². The van der Waals surface area contributed by atoms with Gasteiger partial charge in [0.25, 0.3) is 0 Å². The number of benzene rings is 1. The third-order valence-corrected chi connectivity index (χ3v) is 3.26. The fourth-order valence-electron chi connectivity index (χ4n) is 2.13. The van der Waals surface area contributed by atoms with Gasteiger partial charge >= 0.3 is 0 Å². The molecule has 0 fully saturated rings. The molecule has 102 valence electrons. The molecule has 0 radical (unpaired) electrons. The van der Waals surface area contributed by atoms with Gasteiger partial charge in [-0.3, -0.25) is 0 Å². The number of aryl methyl sites for hydroxylation is 1. The summed E-state index contributed by atoms with van der Waals surface area (Å²) in [4.78, 5) is 4.35. The molecule has 1 aromatic carbocycles. The van der Waals surface area contributed by atoms with E-state index in [1.165, 1.54) is 6.07 Å². The highest BCUT2D eigenvalue weighted by atomic mass is 35.5. The van der Waals surface area contributed by atoms with Gasteiger partial charge in [-0.2, -0.15) is 0 Å². The third-order valence-electron chi connectivity index (χ3n) is 3.03. The van der Waals surface area contributed by atoms with Gasteiger partial charge in [0.05, 0.1) is 6.04 Å². The van der Waals surface area contributed by atoms with Crippen molar-refractivity contribution in [1.29, 1.82) is 0 Å². The van der Waals surface area contributed by atoms with Crippen LogP contribution in [0.25, 0.3) is 0 Å². The van der Waals surface area contributed by atoms with E-state index in [1.807, 2.05) is 24.6 Å². The summed E-state index contributed by atoms with van der Waals surface area (Å²) in [6.45, 7) is 5.54. The van der Waals surface area contributed by atoms with Gasteiger partial charge in [0.2, 0.25) is 0 Å². The van der Waals surface area contributed by atoms with Crippen LogP contribution in [0.5, 0.6) is 0 Å². The van der Waals surface area contributed by atoms with Gasteiger partial charge in [0.15, 0.2) is 0 Å². The quantitative estimate of drug-likeness (QED) is 0.910. The molecule has 0 aliphatic heterocycles. The van der Waals surface area contributed by atoms with E-state index < -0.39 is 0 Å². The van der Waals surface area contributed by atoms with Crippen molar-refractivity contribution in [2.75, 3.05) is 6.54 Å². The lowest BCUT2D eigenvalue weighted by molar-refractivity contribution is 0.523. The fraction of sp³-hybridized carbons (Fsp3) is 0.357. The summed E-state index contributed by atoms with van der Waals surface area (Å²) < 4.78 is 16.1. The molecule has 2 rings (SSSR count). The summed E-state index contributed by atoms with van der Waals surface area (Å²) in [5.74, 6) is 0.495. The number of nitrogens with zero attached hydrogens (tertiary/aromatic N) is 2. The molecule has 0 aliphatic rings. The van der Waals surface area contributed by atoms with Crippen molar-refractivity contribution in [3.05, 3.63) is 52.8 Å². The highest BCUT2D eigenvalue weighted by Crippen LogP contribution is 2.25. The summed E-state index contributed by atoms with van der Waals surface area (Å²) in [6.07, 6.45) is 3.63. The minimum absolute atomic E-state index is 0.266. The second-order valence-corrected chi connectivity index (χ2v) is 4.66. The summed E-state index contributed by atoms with van der Waals surface area (Å²) in [7, 11) is 0. The maximum atomic E-state index is 14.1. The zero-order valence-corrected chi connectivity index (χ0v) is 11.8. The predicted molar refractivity (Wildman–Crippen MR) is 74.8 cm³/mol. The molecule has 1 atom stereocenters. The minimum Gasteiger partial charge on any atom is -0.334 e. The molecular weight excluding hydrogens is 265 g/mol. The molecule has 19 heavy (non-hydrogen) atoms. The maximum Gasteiger partial charge on any atom is 0.130 e. The largest absolute Gasteiger partial charge is 0.334 e. The lowest BCUT2D eigenvalue weighted by Crippen LogP contribution is -2.26. The Bertz CT molecular complexity index is 553. The Labute approximate surface area is 117 Å². The lowest BCUT2D eigenvalue weighted by atomic mass is 10.1. The molecule has 0 saturated heterocycles. The molecular formula is C14H17ClFN3. The number of imidazole rings is 1. The van der Waals surface area contributed by atoms with Crippen molar-refractivity contribution < 1.29 is 4.39 Å². The van der Waals surface area contributed by atoms with Gasteiger partial charge in [-0.15, -0.1) is 0 Å². The second-order valence-electron chi connectivity index (χ2n) is 4.23. The first-order valence-corrected chi connectivity index (χ1v) is 6.74. The number of rotatable bonds is 5. The molecule has 1 heterocycles. The van der Waals surface area contributed by atoms with Gasteiger partial charge in [-0.05, 0) is 25.6 Å². The number of hydrogen-bond acceptors (Lipinski definition) is 2. The summed E-state index contributed by atoms with van der Waals surface area (Å²) in [6, 6.07) is 4.47. The molecule has 1 aromatic heterocycles. The molecule has 1 N–H and O–H groups in total. The summed E-state index contributed by atoms with van der Waals surface area (Å²) >= 11 is 5.80. The van der Waals surface area contributed by atoms with Crippen molar-refractivity contribution in [1.82, 2.24) is 14.9 Å². The summed E-state index contributed by atoms with van der Waals surface area (Å²) in [5, 5.41) is 3.67. The first-order valence-electron chi connectivity index (χ1n) is 6.36. The van der Waals surface area contributed by atoms with Crippen molar-refractivity contribution in [2.24, 2.45) is 0 Å². The van der Waals surface area contributed by atoms with Crippen LogP contribution in [-0.2, 0) is 6.54 Å². The van der Waals surface area contributed by atoms with Crippen molar-refractivity contribution in [2.45, 2.75) is 26.4 Å². The van der Waals surface area contributed by atoms with E-state index in [-0.39, 0.29) is 11.9 Å². The molecule has 2 aromatic rings. The number of aromatic nitrogens is 2. The maximum absolute atomic E-state index is 14.1. The van der Waals surface area contributed by atoms with Crippen LogP contribution in [0.4, 0.5) is 4.39 Å². The fourth-order valence-corrected chi connectivity index (χ4v) is 2.29. The third kappa shape index (κ3) is 2.96. The van der Waals surface area contributed by atoms with Crippen LogP contribution in [0.1, 0.15) is 31.3 Å². The molecule has 1 unspecified atom stereocenters. The smallest absolute Gasteiger partial charge is 0.130 e. The zero-order valence-electron chi connectivity index (χ0n) is 11.0. The monoisotopic (exact) mass is 281 g/mol. The Morgan fingerprint density at radius 1 is 1.42 bits per heavy atom. The van der Waals surface area contributed by atoms with E-state index in [2.05, 4.69) is 10.3 Å². The average Bonchev–Trinajstić information content (AvgIpc) is 2.85. The van der Waals surface area contributed by atoms with E-state index in [9.17, 15) is 4.39 Å². The van der Waals surface area contributed by atoms with E-state index in [4.69, 9.17) is 11.6 Å². The SMILES string of the molecule is CCNC(c1ccc(Cl)cc1F)c1nccn1CC. The van der Waals surface area contributed by atoms with Crippen LogP contribution < -0.4 is 5.32 Å². The van der Waals surface area contributed by atoms with Crippen LogP contribution in [0, 0.1) is 5.82 Å². The van der Waals surface area contributed by atoms with E-state index in [0.29, 0.717) is 10.6 Å². The van der Waals surface area contributed by atoms with E-state index in [1.54, 1.807) is 18.3 Å². The highest BCUT2D eigenvalue weighted by Gasteiger charge is 2.21. The molecule has 0 bridgehead atoms. The molecule has 3 nitrogen and oxygen atoms in total. The Kier molecular flexibility index (Phi) is 4.56. The number of halogens is 2. The molecule has 5 heteroatoms. The van der Waals surface area contributed by atoms with E-state index >= 15 is 0 Å². The van der Waals surface area contributed by atoms with Gasteiger partial charge in [-0.1, -0.05) is 24.6 Å². The summed E-state index contributed by atoms with van der Waals surface area (Å²) in [5.41, 5.74) is 0.562. The highest BCUT2D eigenvalue weighted by molar-refractivity contribution is 6.30. The van der Waals surface area contributed by atoms with Gasteiger partial charge in [0.1, 0.15) is 11.6 Å². The van der Waals surface area contributed by atoms with E-state index in [0.717, 1.165) is 18.9 Å². The van der Waals surface area contributed by atoms with Crippen LogP contribution in [0.3, 0.4) is 0 Å². The zero-order chi connectivity index (χ0) is 13.8. The second kappa shape index (κ2) is 6.17. The average molecular weight is 282 g/mol. The molecule has 0 aliphatic carbocycles. The number of nitrogens with one attached hydrogen (secondary N) is 1. The Morgan fingerprint density at radius 2 is 2.21 bits per heavy atom. The van der Waals surface area contributed by atoms with Crippen LogP contribution in [0.15, 0.2) is 30.6 Å². The van der Waals surface area contributed by atoms with Crippen molar-refractivity contribution in [3.63, 3.8) is 0 Å². The molecule has 0 amide bonds. The molecule has 0 spiro atoms. The van der Waals surface area contributed by atoms with Crippen LogP contribution in [0.2, 0.25) is 5.02 Å². The van der Waals surface area contributed by atoms with Gasteiger partial charge in [0, 0.05) is 29.5 Å². The molecule has 0 saturated carbocycles. The standard InChI is InChI=1S/C14H17ClFN3/c1-3-17-13(14-18-7-8-19(14)4-2)11-6-5-10(15)9-12(11)16/h5-9,13,17H,3-4H2,1-2H3. The van der Waals surface area contributed by atoms with Crippen molar-refractivity contribution in [3.8, 4) is 0 Å². The normalized spacial score (nSPS) is 12.6. The Morgan fingerprint density at radius 3 is 2.84 bits per heavy atom. The topological polar surface area (TPSA) is 29.9 Å². The van der Waals surface area contributed by atoms with Gasteiger partial charge in [-0.25, -0.2) is 9.37 Å². The Hall–Kier alpha value is -1.39. The first kappa shape index (κ1) is 14.0. The predicted octanol–water partition coefficient (Wildman–Crippen LogP) is 3.39. The first-order chi connectivity index (χ1) is 9.17. The van der Waals surface area contributed by atoms with Crippen molar-refractivity contribution >= 4 is 11.6 Å². The Balaban J connectivity index is 2.45. The number of hydrogen-bond donors (Lipinski definition) is 1. The van der Waals surface area contributed by atoms with Crippen LogP contribution >= 0.6 is 11.6 Å².